The Labute approximate surface area is 81.0 Å². The van der Waals surface area contributed by atoms with Crippen molar-refractivity contribution in [1.82, 2.24) is 15.1 Å². The van der Waals surface area contributed by atoms with E-state index in [0.29, 0.717) is 11.4 Å². The number of hydrogen-bond acceptors (Lipinski definition) is 5. The summed E-state index contributed by atoms with van der Waals surface area (Å²) in [5.74, 6) is 1.26. The largest absolute Gasteiger partial charge is 0.394 e. The van der Waals surface area contributed by atoms with Crippen LogP contribution in [0.15, 0.2) is 16.9 Å². The van der Waals surface area contributed by atoms with Gasteiger partial charge in [-0.25, -0.2) is 9.97 Å². The van der Waals surface area contributed by atoms with Crippen molar-refractivity contribution >= 4 is 5.69 Å². The van der Waals surface area contributed by atoms with Gasteiger partial charge in [-0.15, -0.1) is 0 Å². The zero-order valence-electron chi connectivity index (χ0n) is 7.98. The summed E-state index contributed by atoms with van der Waals surface area (Å²) in [6.45, 7) is 3.71. The first kappa shape index (κ1) is 8.68. The number of nitrogens with zero attached hydrogens (tertiary/aromatic N) is 3. The zero-order chi connectivity index (χ0) is 10.1. The Morgan fingerprint density at radius 1 is 1.29 bits per heavy atom. The summed E-state index contributed by atoms with van der Waals surface area (Å²) in [7, 11) is 0. The van der Waals surface area contributed by atoms with Crippen LogP contribution in [-0.2, 0) is 0 Å². The molecule has 2 rings (SSSR count). The van der Waals surface area contributed by atoms with Crippen molar-refractivity contribution in [2.75, 3.05) is 5.73 Å². The molecule has 5 nitrogen and oxygen atoms in total. The van der Waals surface area contributed by atoms with Gasteiger partial charge in [-0.05, 0) is 13.8 Å². The standard InChI is InChI=1S/C9H10N4O/c1-5-7(3-11-6(2)13-5)9-8(10)4-12-14-9/h3-4H,10H2,1-2H3. The van der Waals surface area contributed by atoms with Crippen LogP contribution in [0, 0.1) is 13.8 Å². The summed E-state index contributed by atoms with van der Waals surface area (Å²) >= 11 is 0. The Balaban J connectivity index is 2.58. The van der Waals surface area contributed by atoms with Crippen LogP contribution in [0.5, 0.6) is 0 Å². The lowest BCUT2D eigenvalue weighted by Gasteiger charge is -2.01. The van der Waals surface area contributed by atoms with Gasteiger partial charge >= 0.3 is 0 Å². The summed E-state index contributed by atoms with van der Waals surface area (Å²) < 4.78 is 5.02. The lowest BCUT2D eigenvalue weighted by atomic mass is 10.2. The van der Waals surface area contributed by atoms with Gasteiger partial charge in [0, 0.05) is 6.20 Å². The average molecular weight is 190 g/mol. The van der Waals surface area contributed by atoms with Crippen LogP contribution in [0.1, 0.15) is 11.5 Å². The fraction of sp³-hybridized carbons (Fsp3) is 0.222. The van der Waals surface area contributed by atoms with E-state index in [0.717, 1.165) is 17.1 Å². The highest BCUT2D eigenvalue weighted by atomic mass is 16.5. The zero-order valence-corrected chi connectivity index (χ0v) is 7.98. The van der Waals surface area contributed by atoms with Crippen LogP contribution in [0.25, 0.3) is 11.3 Å². The van der Waals surface area contributed by atoms with Gasteiger partial charge in [-0.1, -0.05) is 5.16 Å². The molecular weight excluding hydrogens is 180 g/mol. The summed E-state index contributed by atoms with van der Waals surface area (Å²) in [5.41, 5.74) is 7.79. The van der Waals surface area contributed by atoms with Gasteiger partial charge in [-0.2, -0.15) is 0 Å². The summed E-state index contributed by atoms with van der Waals surface area (Å²) in [6.07, 6.45) is 3.16. The fourth-order valence-corrected chi connectivity index (χ4v) is 1.26. The molecule has 0 amide bonds. The number of nitrogens with two attached hydrogens (primary N) is 1. The maximum Gasteiger partial charge on any atom is 0.193 e. The third-order valence-corrected chi connectivity index (χ3v) is 1.94. The molecule has 2 aromatic rings. The van der Waals surface area contributed by atoms with E-state index in [4.69, 9.17) is 10.3 Å². The third kappa shape index (κ3) is 1.32. The van der Waals surface area contributed by atoms with Gasteiger partial charge in [0.1, 0.15) is 11.5 Å². The quantitative estimate of drug-likeness (QED) is 0.733. The predicted molar refractivity (Wildman–Crippen MR) is 51.4 cm³/mol. The Kier molecular flexibility index (Phi) is 1.92. The molecule has 0 aliphatic heterocycles. The minimum atomic E-state index is 0.501. The lowest BCUT2D eigenvalue weighted by molar-refractivity contribution is 0.432. The number of rotatable bonds is 1. The first-order valence-corrected chi connectivity index (χ1v) is 4.19. The van der Waals surface area contributed by atoms with E-state index in [9.17, 15) is 0 Å². The molecule has 0 spiro atoms. The monoisotopic (exact) mass is 190 g/mol. The normalized spacial score (nSPS) is 10.4. The third-order valence-electron chi connectivity index (χ3n) is 1.94. The Hall–Kier alpha value is -1.91. The fourth-order valence-electron chi connectivity index (χ4n) is 1.26. The van der Waals surface area contributed by atoms with E-state index in [2.05, 4.69) is 15.1 Å². The molecule has 0 saturated carbocycles. The van der Waals surface area contributed by atoms with Gasteiger partial charge in [0.25, 0.3) is 0 Å². The highest BCUT2D eigenvalue weighted by Gasteiger charge is 2.11. The van der Waals surface area contributed by atoms with Crippen molar-refractivity contribution in [3.63, 3.8) is 0 Å². The second kappa shape index (κ2) is 3.10. The van der Waals surface area contributed by atoms with Crippen LogP contribution < -0.4 is 5.73 Å². The van der Waals surface area contributed by atoms with E-state index in [-0.39, 0.29) is 0 Å². The maximum absolute atomic E-state index is 5.67. The number of hydrogen-bond donors (Lipinski definition) is 1. The molecule has 0 aliphatic carbocycles. The average Bonchev–Trinajstić information content (AvgIpc) is 2.52. The van der Waals surface area contributed by atoms with Crippen molar-refractivity contribution in [2.45, 2.75) is 13.8 Å². The topological polar surface area (TPSA) is 77.8 Å². The predicted octanol–water partition coefficient (Wildman–Crippen LogP) is 1.33. The second-order valence-electron chi connectivity index (χ2n) is 3.03. The maximum atomic E-state index is 5.67. The second-order valence-corrected chi connectivity index (χ2v) is 3.03. The van der Waals surface area contributed by atoms with Crippen LogP contribution in [0.4, 0.5) is 5.69 Å². The molecule has 0 fully saturated rings. The van der Waals surface area contributed by atoms with Crippen LogP contribution >= 0.6 is 0 Å². The van der Waals surface area contributed by atoms with E-state index in [1.165, 1.54) is 6.20 Å². The van der Waals surface area contributed by atoms with Gasteiger partial charge in [0.05, 0.1) is 17.5 Å². The van der Waals surface area contributed by atoms with Crippen molar-refractivity contribution in [3.8, 4) is 11.3 Å². The minimum Gasteiger partial charge on any atom is -0.394 e. The van der Waals surface area contributed by atoms with Crippen molar-refractivity contribution in [2.24, 2.45) is 0 Å². The molecule has 72 valence electrons. The van der Waals surface area contributed by atoms with Crippen LogP contribution in [-0.4, -0.2) is 15.1 Å². The SMILES string of the molecule is Cc1ncc(-c2oncc2N)c(C)n1. The van der Waals surface area contributed by atoms with Gasteiger partial charge in [0.15, 0.2) is 5.76 Å². The van der Waals surface area contributed by atoms with Crippen LogP contribution in [0.3, 0.4) is 0 Å². The minimum absolute atomic E-state index is 0.501. The Morgan fingerprint density at radius 2 is 2.07 bits per heavy atom. The Bertz CT molecular complexity index is 464. The molecule has 14 heavy (non-hydrogen) atoms. The Morgan fingerprint density at radius 3 is 2.64 bits per heavy atom. The molecule has 2 N–H and O–H groups in total. The molecule has 0 radical (unpaired) electrons. The molecule has 0 atom stereocenters. The van der Waals surface area contributed by atoms with E-state index in [1.54, 1.807) is 6.20 Å². The molecule has 2 aromatic heterocycles. The van der Waals surface area contributed by atoms with Gasteiger partial charge in [-0.3, -0.25) is 0 Å². The molecule has 5 heteroatoms. The number of anilines is 1. The van der Waals surface area contributed by atoms with E-state index in [1.807, 2.05) is 13.8 Å². The van der Waals surface area contributed by atoms with Crippen molar-refractivity contribution in [1.29, 1.82) is 0 Å². The van der Waals surface area contributed by atoms with Crippen molar-refractivity contribution < 1.29 is 4.52 Å². The number of aryl methyl sites for hydroxylation is 2. The highest BCUT2D eigenvalue weighted by Crippen LogP contribution is 2.26. The molecule has 0 aromatic carbocycles. The van der Waals surface area contributed by atoms with E-state index < -0.39 is 0 Å². The molecular formula is C9H10N4O. The number of aromatic nitrogens is 3. The van der Waals surface area contributed by atoms with Gasteiger partial charge < -0.3 is 10.3 Å². The summed E-state index contributed by atoms with van der Waals surface area (Å²) in [6, 6.07) is 0. The van der Waals surface area contributed by atoms with Crippen LogP contribution in [0.2, 0.25) is 0 Å². The van der Waals surface area contributed by atoms with Gasteiger partial charge in [0.2, 0.25) is 0 Å². The molecule has 0 unspecified atom stereocenters. The lowest BCUT2D eigenvalue weighted by Crippen LogP contribution is -1.94. The number of nitrogen functional groups attached to an aromatic ring is 1. The molecule has 2 heterocycles. The summed E-state index contributed by atoms with van der Waals surface area (Å²) in [4.78, 5) is 8.30. The molecule has 0 saturated heterocycles. The first-order chi connectivity index (χ1) is 6.68. The van der Waals surface area contributed by atoms with E-state index >= 15 is 0 Å². The molecule has 0 bridgehead atoms. The smallest absolute Gasteiger partial charge is 0.193 e. The first-order valence-electron chi connectivity index (χ1n) is 4.19. The summed E-state index contributed by atoms with van der Waals surface area (Å²) in [5, 5.41) is 3.61. The highest BCUT2D eigenvalue weighted by molar-refractivity contribution is 5.70. The van der Waals surface area contributed by atoms with Crippen molar-refractivity contribution in [3.05, 3.63) is 23.9 Å². The molecule has 0 aliphatic rings.